The number of hydrogen-bond acceptors (Lipinski definition) is 5. The van der Waals surface area contributed by atoms with Crippen LogP contribution in [0.15, 0.2) is 16.1 Å². The number of alkyl halides is 3. The van der Waals surface area contributed by atoms with Gasteiger partial charge in [0.2, 0.25) is 5.76 Å². The molecule has 0 radical (unpaired) electrons. The summed E-state index contributed by atoms with van der Waals surface area (Å²) < 4.78 is 43.9. The molecule has 6 nitrogen and oxygen atoms in total. The van der Waals surface area contributed by atoms with Crippen LogP contribution in [-0.2, 0) is 11.0 Å². The number of nitriles is 1. The van der Waals surface area contributed by atoms with Gasteiger partial charge >= 0.3 is 6.18 Å². The lowest BCUT2D eigenvalue weighted by Crippen LogP contribution is -2.41. The molecule has 0 N–H and O–H groups in total. The SMILES string of the molecule is Cc1nc(C(=O)N2CC[C@]3(C=C(C#N)C(=O)C(C)(C)C3)C2)c(C(F)(F)F)o1. The Morgan fingerprint density at radius 3 is 2.67 bits per heavy atom. The van der Waals surface area contributed by atoms with E-state index in [1.165, 1.54) is 11.8 Å². The summed E-state index contributed by atoms with van der Waals surface area (Å²) in [7, 11) is 0. The van der Waals surface area contributed by atoms with Gasteiger partial charge in [-0.2, -0.15) is 18.4 Å². The third-order valence-corrected chi connectivity index (χ3v) is 5.09. The van der Waals surface area contributed by atoms with Crippen molar-refractivity contribution in [2.24, 2.45) is 10.8 Å². The second-order valence-electron chi connectivity index (χ2n) is 7.81. The lowest BCUT2D eigenvalue weighted by molar-refractivity contribution is -0.153. The molecule has 0 saturated carbocycles. The van der Waals surface area contributed by atoms with Gasteiger partial charge in [0, 0.05) is 30.8 Å². The zero-order chi connectivity index (χ0) is 20.2. The van der Waals surface area contributed by atoms with Crippen molar-refractivity contribution in [1.82, 2.24) is 9.88 Å². The molecule has 9 heteroatoms. The third-order valence-electron chi connectivity index (χ3n) is 5.09. The molecule has 2 heterocycles. The van der Waals surface area contributed by atoms with E-state index in [1.807, 2.05) is 6.07 Å². The highest BCUT2D eigenvalue weighted by atomic mass is 19.4. The maximum atomic E-state index is 13.1. The number of allylic oxidation sites excluding steroid dienone is 1. The Morgan fingerprint density at radius 2 is 2.07 bits per heavy atom. The highest BCUT2D eigenvalue weighted by molar-refractivity contribution is 6.03. The van der Waals surface area contributed by atoms with Gasteiger partial charge < -0.3 is 9.32 Å². The predicted octanol–water partition coefficient (Wildman–Crippen LogP) is 3.28. The first-order valence-corrected chi connectivity index (χ1v) is 8.40. The Bertz CT molecular complexity index is 892. The summed E-state index contributed by atoms with van der Waals surface area (Å²) in [5.74, 6) is -2.77. The van der Waals surface area contributed by atoms with Crippen molar-refractivity contribution in [2.75, 3.05) is 13.1 Å². The zero-order valence-corrected chi connectivity index (χ0v) is 15.1. The van der Waals surface area contributed by atoms with Gasteiger partial charge in [0.05, 0.1) is 5.57 Å². The number of aromatic nitrogens is 1. The van der Waals surface area contributed by atoms with Crippen molar-refractivity contribution in [2.45, 2.75) is 39.8 Å². The van der Waals surface area contributed by atoms with E-state index in [1.54, 1.807) is 19.9 Å². The first kappa shape index (κ1) is 19.1. The number of oxazole rings is 1. The molecule has 1 fully saturated rings. The number of carbonyl (C=O) groups excluding carboxylic acids is 2. The van der Waals surface area contributed by atoms with Crippen molar-refractivity contribution < 1.29 is 27.2 Å². The minimum Gasteiger partial charge on any atom is -0.436 e. The van der Waals surface area contributed by atoms with Crippen LogP contribution < -0.4 is 0 Å². The van der Waals surface area contributed by atoms with Crippen molar-refractivity contribution in [3.8, 4) is 6.07 Å². The zero-order valence-electron chi connectivity index (χ0n) is 15.1. The van der Waals surface area contributed by atoms with Gasteiger partial charge in [-0.05, 0) is 12.8 Å². The fraction of sp³-hybridized carbons (Fsp3) is 0.556. The summed E-state index contributed by atoms with van der Waals surface area (Å²) in [6.07, 6.45) is -2.38. The molecule has 27 heavy (non-hydrogen) atoms. The van der Waals surface area contributed by atoms with Crippen LogP contribution in [-0.4, -0.2) is 34.7 Å². The Kier molecular flexibility index (Phi) is 4.21. The first-order valence-electron chi connectivity index (χ1n) is 8.40. The molecule has 0 aromatic carbocycles. The van der Waals surface area contributed by atoms with Gasteiger partial charge in [-0.1, -0.05) is 19.9 Å². The summed E-state index contributed by atoms with van der Waals surface area (Å²) in [5.41, 5.74) is -2.11. The van der Waals surface area contributed by atoms with Crippen LogP contribution in [0.5, 0.6) is 0 Å². The van der Waals surface area contributed by atoms with Gasteiger partial charge in [0.25, 0.3) is 5.91 Å². The molecule has 144 valence electrons. The molecule has 1 amide bonds. The van der Waals surface area contributed by atoms with E-state index in [0.29, 0.717) is 12.8 Å². The van der Waals surface area contributed by atoms with Gasteiger partial charge in [-0.15, -0.1) is 0 Å². The van der Waals surface area contributed by atoms with E-state index in [4.69, 9.17) is 0 Å². The molecular formula is C18H18F3N3O3. The average molecular weight is 381 g/mol. The number of ketones is 1. The Labute approximate surface area is 153 Å². The van der Waals surface area contributed by atoms with E-state index < -0.39 is 34.4 Å². The third kappa shape index (κ3) is 3.24. The Morgan fingerprint density at radius 1 is 1.41 bits per heavy atom. The standard InChI is InChI=1S/C18H18F3N3O3/c1-10-23-12(14(27-10)18(19,20)21)15(26)24-5-4-17(9-24)6-11(7-22)13(25)16(2,3)8-17/h6H,4-5,8-9H2,1-3H3/t17-/m1/s1. The highest BCUT2D eigenvalue weighted by Crippen LogP contribution is 2.48. The fourth-order valence-electron chi connectivity index (χ4n) is 4.08. The van der Waals surface area contributed by atoms with E-state index >= 15 is 0 Å². The number of Topliss-reactive ketones (excluding diaryl/α,β-unsaturated/α-hetero) is 1. The summed E-state index contributed by atoms with van der Waals surface area (Å²) in [5, 5.41) is 9.25. The Balaban J connectivity index is 1.91. The number of amides is 1. The average Bonchev–Trinajstić information content (AvgIpc) is 3.14. The molecular weight excluding hydrogens is 363 g/mol. The smallest absolute Gasteiger partial charge is 0.436 e. The molecule has 2 aliphatic rings. The number of aryl methyl sites for hydroxylation is 1. The van der Waals surface area contributed by atoms with Crippen LogP contribution in [0.25, 0.3) is 0 Å². The number of hydrogen-bond donors (Lipinski definition) is 0. The summed E-state index contributed by atoms with van der Waals surface area (Å²) in [6, 6.07) is 1.90. The summed E-state index contributed by atoms with van der Waals surface area (Å²) in [6.45, 7) is 5.04. The minimum atomic E-state index is -4.82. The fourth-order valence-corrected chi connectivity index (χ4v) is 4.08. The lowest BCUT2D eigenvalue weighted by atomic mass is 9.64. The molecule has 1 aromatic rings. The maximum Gasteiger partial charge on any atom is 0.452 e. The molecule has 1 aliphatic carbocycles. The number of halogens is 3. The number of likely N-dealkylation sites (tertiary alicyclic amines) is 1. The predicted molar refractivity (Wildman–Crippen MR) is 86.3 cm³/mol. The van der Waals surface area contributed by atoms with E-state index in [0.717, 1.165) is 0 Å². The van der Waals surface area contributed by atoms with Crippen LogP contribution in [0.4, 0.5) is 13.2 Å². The first-order chi connectivity index (χ1) is 12.4. The van der Waals surface area contributed by atoms with Crippen molar-refractivity contribution in [3.63, 3.8) is 0 Å². The van der Waals surface area contributed by atoms with Gasteiger partial charge in [-0.3, -0.25) is 9.59 Å². The second-order valence-corrected chi connectivity index (χ2v) is 7.81. The maximum absolute atomic E-state index is 13.1. The number of nitrogens with zero attached hydrogens (tertiary/aromatic N) is 3. The van der Waals surface area contributed by atoms with Gasteiger partial charge in [0.1, 0.15) is 6.07 Å². The molecule has 0 unspecified atom stereocenters. The second kappa shape index (κ2) is 5.94. The Hall–Kier alpha value is -2.63. The van der Waals surface area contributed by atoms with Gasteiger partial charge in [-0.25, -0.2) is 4.98 Å². The van der Waals surface area contributed by atoms with Crippen molar-refractivity contribution in [1.29, 1.82) is 5.26 Å². The topological polar surface area (TPSA) is 87.2 Å². The number of rotatable bonds is 1. The van der Waals surface area contributed by atoms with Crippen LogP contribution >= 0.6 is 0 Å². The molecule has 0 bridgehead atoms. The van der Waals surface area contributed by atoms with Crippen LogP contribution in [0.1, 0.15) is 48.8 Å². The van der Waals surface area contributed by atoms with Crippen molar-refractivity contribution >= 4 is 11.7 Å². The normalized spacial score (nSPS) is 24.9. The summed E-state index contributed by atoms with van der Waals surface area (Å²) >= 11 is 0. The lowest BCUT2D eigenvalue weighted by Gasteiger charge is -2.38. The van der Waals surface area contributed by atoms with E-state index in [9.17, 15) is 28.0 Å². The van der Waals surface area contributed by atoms with Crippen LogP contribution in [0.2, 0.25) is 0 Å². The molecule has 1 atom stereocenters. The molecule has 1 aromatic heterocycles. The highest BCUT2D eigenvalue weighted by Gasteiger charge is 2.50. The quantitative estimate of drug-likeness (QED) is 0.745. The summed E-state index contributed by atoms with van der Waals surface area (Å²) in [4.78, 5) is 29.9. The largest absolute Gasteiger partial charge is 0.452 e. The molecule has 1 aliphatic heterocycles. The molecule has 1 saturated heterocycles. The van der Waals surface area contributed by atoms with Gasteiger partial charge in [0.15, 0.2) is 17.4 Å². The molecule has 1 spiro atoms. The van der Waals surface area contributed by atoms with Crippen LogP contribution in [0, 0.1) is 29.1 Å². The molecule has 3 rings (SSSR count). The minimum absolute atomic E-state index is 0.0359. The monoisotopic (exact) mass is 381 g/mol. The number of carbonyl (C=O) groups is 2. The van der Waals surface area contributed by atoms with Crippen LogP contribution in [0.3, 0.4) is 0 Å². The van der Waals surface area contributed by atoms with E-state index in [2.05, 4.69) is 9.40 Å². The van der Waals surface area contributed by atoms with Crippen molar-refractivity contribution in [3.05, 3.63) is 29.0 Å². The van der Waals surface area contributed by atoms with E-state index in [-0.39, 0.29) is 30.3 Å².